The number of rotatable bonds is 3. The molecule has 0 fully saturated rings. The monoisotopic (exact) mass is 380 g/mol. The van der Waals surface area contributed by atoms with Gasteiger partial charge in [-0.1, -0.05) is 11.6 Å². The van der Waals surface area contributed by atoms with Crippen molar-refractivity contribution < 1.29 is 12.8 Å². The number of hydrogen-bond acceptors (Lipinski definition) is 4. The summed E-state index contributed by atoms with van der Waals surface area (Å²) in [5, 5.41) is 7.93. The third kappa shape index (κ3) is 3.01. The van der Waals surface area contributed by atoms with E-state index < -0.39 is 20.7 Å². The Hall–Kier alpha value is -2.03. The number of pyridine rings is 1. The zero-order chi connectivity index (χ0) is 17.6. The van der Waals surface area contributed by atoms with Crippen LogP contribution in [0.1, 0.15) is 17.5 Å². The van der Waals surface area contributed by atoms with Crippen molar-refractivity contribution in [1.82, 2.24) is 19.9 Å². The SMILES string of the molecule is O=S(=O)(NC1CCc2c(cnc3[nH]ncc23)C1)c1ccc(Cl)cc1F. The summed E-state index contributed by atoms with van der Waals surface area (Å²) in [5.74, 6) is -0.863. The minimum Gasteiger partial charge on any atom is -0.261 e. The smallest absolute Gasteiger partial charge is 0.243 e. The summed E-state index contributed by atoms with van der Waals surface area (Å²) in [6, 6.07) is 3.20. The molecule has 1 aliphatic rings. The van der Waals surface area contributed by atoms with Gasteiger partial charge in [0, 0.05) is 22.6 Å². The molecule has 0 bridgehead atoms. The second-order valence-corrected chi connectivity index (χ2v) is 8.15. The maximum absolute atomic E-state index is 14.0. The molecule has 9 heteroatoms. The molecular weight excluding hydrogens is 367 g/mol. The summed E-state index contributed by atoms with van der Waals surface area (Å²) in [7, 11) is -3.96. The molecule has 0 saturated carbocycles. The van der Waals surface area contributed by atoms with Crippen LogP contribution in [0.3, 0.4) is 0 Å². The van der Waals surface area contributed by atoms with Gasteiger partial charge in [0.2, 0.25) is 10.0 Å². The molecule has 0 saturated heterocycles. The Morgan fingerprint density at radius 3 is 2.96 bits per heavy atom. The van der Waals surface area contributed by atoms with E-state index in [9.17, 15) is 12.8 Å². The number of benzene rings is 1. The van der Waals surface area contributed by atoms with E-state index >= 15 is 0 Å². The van der Waals surface area contributed by atoms with Gasteiger partial charge >= 0.3 is 0 Å². The van der Waals surface area contributed by atoms with E-state index in [-0.39, 0.29) is 11.1 Å². The Morgan fingerprint density at radius 1 is 1.32 bits per heavy atom. The predicted molar refractivity (Wildman–Crippen MR) is 91.4 cm³/mol. The number of sulfonamides is 1. The van der Waals surface area contributed by atoms with Crippen molar-refractivity contribution in [1.29, 1.82) is 0 Å². The molecular formula is C16H14ClFN4O2S. The van der Waals surface area contributed by atoms with Crippen LogP contribution in [-0.4, -0.2) is 29.6 Å². The second kappa shape index (κ2) is 6.05. The van der Waals surface area contributed by atoms with Crippen LogP contribution in [0, 0.1) is 5.82 Å². The lowest BCUT2D eigenvalue weighted by Gasteiger charge is -2.25. The second-order valence-electron chi connectivity index (χ2n) is 6.03. The maximum Gasteiger partial charge on any atom is 0.243 e. The van der Waals surface area contributed by atoms with Crippen LogP contribution in [0.4, 0.5) is 4.39 Å². The third-order valence-electron chi connectivity index (χ3n) is 4.40. The molecule has 1 unspecified atom stereocenters. The summed E-state index contributed by atoms with van der Waals surface area (Å²) in [5.41, 5.74) is 2.83. The highest BCUT2D eigenvalue weighted by Gasteiger charge is 2.27. The van der Waals surface area contributed by atoms with E-state index in [0.29, 0.717) is 19.3 Å². The van der Waals surface area contributed by atoms with Crippen LogP contribution in [0.15, 0.2) is 35.5 Å². The maximum atomic E-state index is 14.0. The average Bonchev–Trinajstić information content (AvgIpc) is 3.02. The van der Waals surface area contributed by atoms with Crippen LogP contribution in [-0.2, 0) is 22.9 Å². The molecule has 1 aliphatic carbocycles. The molecule has 2 N–H and O–H groups in total. The topological polar surface area (TPSA) is 87.7 Å². The quantitative estimate of drug-likeness (QED) is 0.731. The van der Waals surface area contributed by atoms with E-state index in [1.54, 1.807) is 12.4 Å². The lowest BCUT2D eigenvalue weighted by atomic mass is 9.88. The van der Waals surface area contributed by atoms with E-state index in [1.807, 2.05) is 0 Å². The number of nitrogens with zero attached hydrogens (tertiary/aromatic N) is 2. The van der Waals surface area contributed by atoms with Crippen molar-refractivity contribution in [3.8, 4) is 0 Å². The molecule has 2 aromatic heterocycles. The number of aryl methyl sites for hydroxylation is 1. The van der Waals surface area contributed by atoms with Crippen molar-refractivity contribution >= 4 is 32.7 Å². The van der Waals surface area contributed by atoms with Crippen LogP contribution >= 0.6 is 11.6 Å². The lowest BCUT2D eigenvalue weighted by molar-refractivity contribution is 0.502. The standard InChI is InChI=1S/C16H14ClFN4O2S/c17-10-1-4-15(14(18)6-10)25(23,24)22-11-2-3-12-9(5-11)7-19-16-13(12)8-20-21-16/h1,4,6-8,11,22H,2-3,5H2,(H,19,20,21). The summed E-state index contributed by atoms with van der Waals surface area (Å²) >= 11 is 5.68. The molecule has 6 nitrogen and oxygen atoms in total. The molecule has 0 aliphatic heterocycles. The molecule has 1 atom stereocenters. The van der Waals surface area contributed by atoms with Crippen LogP contribution in [0.5, 0.6) is 0 Å². The first-order valence-corrected chi connectivity index (χ1v) is 9.57. The molecule has 0 radical (unpaired) electrons. The van der Waals surface area contributed by atoms with E-state index in [0.717, 1.165) is 28.2 Å². The van der Waals surface area contributed by atoms with Gasteiger partial charge in [-0.25, -0.2) is 22.5 Å². The number of H-pyrrole nitrogens is 1. The van der Waals surface area contributed by atoms with Gasteiger partial charge in [0.15, 0.2) is 5.65 Å². The summed E-state index contributed by atoms with van der Waals surface area (Å²) in [6.07, 6.45) is 5.28. The molecule has 3 aromatic rings. The molecule has 130 valence electrons. The number of halogens is 2. The van der Waals surface area contributed by atoms with Gasteiger partial charge in [0.25, 0.3) is 0 Å². The molecule has 0 amide bonds. The van der Waals surface area contributed by atoms with Crippen LogP contribution < -0.4 is 4.72 Å². The van der Waals surface area contributed by atoms with Crippen LogP contribution in [0.25, 0.3) is 11.0 Å². The molecule has 2 heterocycles. The van der Waals surface area contributed by atoms with Gasteiger partial charge in [-0.2, -0.15) is 5.10 Å². The number of hydrogen-bond donors (Lipinski definition) is 2. The first-order chi connectivity index (χ1) is 11.9. The molecule has 25 heavy (non-hydrogen) atoms. The van der Waals surface area contributed by atoms with E-state index in [4.69, 9.17) is 11.6 Å². The lowest BCUT2D eigenvalue weighted by Crippen LogP contribution is -2.39. The first kappa shape index (κ1) is 16.4. The fourth-order valence-electron chi connectivity index (χ4n) is 3.23. The number of fused-ring (bicyclic) bond motifs is 3. The molecule has 0 spiro atoms. The highest BCUT2D eigenvalue weighted by Crippen LogP contribution is 2.28. The zero-order valence-electron chi connectivity index (χ0n) is 13.0. The minimum atomic E-state index is -3.96. The van der Waals surface area contributed by atoms with Crippen molar-refractivity contribution in [2.75, 3.05) is 0 Å². The zero-order valence-corrected chi connectivity index (χ0v) is 14.5. The Kier molecular flexibility index (Phi) is 3.98. The van der Waals surface area contributed by atoms with Crippen molar-refractivity contribution in [2.45, 2.75) is 30.2 Å². The Morgan fingerprint density at radius 2 is 2.16 bits per heavy atom. The number of nitrogens with one attached hydrogen (secondary N) is 2. The van der Waals surface area contributed by atoms with Gasteiger partial charge in [0.1, 0.15) is 10.7 Å². The fourth-order valence-corrected chi connectivity index (χ4v) is 4.71. The van der Waals surface area contributed by atoms with Gasteiger partial charge in [-0.3, -0.25) is 5.10 Å². The van der Waals surface area contributed by atoms with E-state index in [1.165, 1.54) is 12.1 Å². The summed E-state index contributed by atoms with van der Waals surface area (Å²) in [4.78, 5) is 3.90. The summed E-state index contributed by atoms with van der Waals surface area (Å²) in [6.45, 7) is 0. The number of aromatic amines is 1. The predicted octanol–water partition coefficient (Wildman–Crippen LogP) is 2.59. The van der Waals surface area contributed by atoms with Crippen molar-refractivity contribution in [2.24, 2.45) is 0 Å². The Balaban J connectivity index is 1.59. The van der Waals surface area contributed by atoms with Gasteiger partial charge in [0.05, 0.1) is 6.20 Å². The van der Waals surface area contributed by atoms with E-state index in [2.05, 4.69) is 19.9 Å². The Bertz CT molecular complexity index is 1070. The van der Waals surface area contributed by atoms with Gasteiger partial charge in [-0.05, 0) is 48.6 Å². The number of aromatic nitrogens is 3. The first-order valence-electron chi connectivity index (χ1n) is 7.71. The fraction of sp³-hybridized carbons (Fsp3) is 0.250. The normalized spacial score (nSPS) is 17.6. The average molecular weight is 381 g/mol. The van der Waals surface area contributed by atoms with Crippen LogP contribution in [0.2, 0.25) is 5.02 Å². The van der Waals surface area contributed by atoms with Gasteiger partial charge in [-0.15, -0.1) is 0 Å². The Labute approximate surface area is 148 Å². The highest BCUT2D eigenvalue weighted by molar-refractivity contribution is 7.89. The largest absolute Gasteiger partial charge is 0.261 e. The molecule has 1 aromatic carbocycles. The van der Waals surface area contributed by atoms with Crippen molar-refractivity contribution in [3.05, 3.63) is 52.6 Å². The highest BCUT2D eigenvalue weighted by atomic mass is 35.5. The van der Waals surface area contributed by atoms with Crippen molar-refractivity contribution in [3.63, 3.8) is 0 Å². The minimum absolute atomic E-state index is 0.151. The summed E-state index contributed by atoms with van der Waals surface area (Å²) < 4.78 is 41.5. The van der Waals surface area contributed by atoms with Gasteiger partial charge < -0.3 is 0 Å². The third-order valence-corrected chi connectivity index (χ3v) is 6.18. The molecule has 4 rings (SSSR count).